The van der Waals surface area contributed by atoms with E-state index in [1.165, 1.54) is 25.1 Å². The van der Waals surface area contributed by atoms with Gasteiger partial charge >= 0.3 is 6.18 Å². The van der Waals surface area contributed by atoms with Gasteiger partial charge in [-0.25, -0.2) is 0 Å². The lowest BCUT2D eigenvalue weighted by Gasteiger charge is -2.27. The topological polar surface area (TPSA) is 41.6 Å². The summed E-state index contributed by atoms with van der Waals surface area (Å²) in [5.41, 5.74) is -0.860. The summed E-state index contributed by atoms with van der Waals surface area (Å²) >= 11 is 0. The number of carbonyl (C=O) groups excluding carboxylic acids is 1. The Kier molecular flexibility index (Phi) is 4.71. The minimum absolute atomic E-state index is 0.263. The molecule has 0 aliphatic carbocycles. The van der Waals surface area contributed by atoms with Crippen molar-refractivity contribution in [3.8, 4) is 5.75 Å². The molecule has 1 aromatic carbocycles. The third-order valence-electron chi connectivity index (χ3n) is 4.68. The smallest absolute Gasteiger partial charge is 0.419 e. The number of nitrogens with one attached hydrogen (secondary N) is 1. The first kappa shape index (κ1) is 17.1. The molecular formula is C17H21F3N2O2. The summed E-state index contributed by atoms with van der Waals surface area (Å²) in [6.07, 6.45) is -2.44. The summed E-state index contributed by atoms with van der Waals surface area (Å²) in [6, 6.07) is 5.70. The second kappa shape index (κ2) is 6.63. The van der Waals surface area contributed by atoms with E-state index in [2.05, 4.69) is 5.32 Å². The number of alkyl halides is 3. The van der Waals surface area contributed by atoms with E-state index in [1.54, 1.807) is 4.90 Å². The van der Waals surface area contributed by atoms with Crippen molar-refractivity contribution in [1.82, 2.24) is 10.2 Å². The van der Waals surface area contributed by atoms with Crippen molar-refractivity contribution in [2.24, 2.45) is 0 Å². The van der Waals surface area contributed by atoms with E-state index in [0.29, 0.717) is 19.1 Å². The number of amides is 1. The summed E-state index contributed by atoms with van der Waals surface area (Å²) in [4.78, 5) is 14.3. The van der Waals surface area contributed by atoms with Crippen molar-refractivity contribution in [2.75, 3.05) is 13.1 Å². The largest absolute Gasteiger partial charge is 0.480 e. The van der Waals surface area contributed by atoms with E-state index >= 15 is 0 Å². The molecule has 3 rings (SSSR count). The van der Waals surface area contributed by atoms with Crippen LogP contribution in [0, 0.1) is 0 Å². The second-order valence-corrected chi connectivity index (χ2v) is 6.46. The number of likely N-dealkylation sites (tertiary alicyclic amines) is 1. The molecule has 0 radical (unpaired) electrons. The minimum Gasteiger partial charge on any atom is -0.480 e. The van der Waals surface area contributed by atoms with Gasteiger partial charge in [-0.2, -0.15) is 13.2 Å². The van der Waals surface area contributed by atoms with Crippen LogP contribution in [0.15, 0.2) is 24.3 Å². The van der Waals surface area contributed by atoms with Crippen LogP contribution in [0.3, 0.4) is 0 Å². The number of nitrogens with zero attached hydrogens (tertiary/aromatic N) is 1. The molecule has 1 amide bonds. The monoisotopic (exact) mass is 342 g/mol. The molecular weight excluding hydrogens is 321 g/mol. The van der Waals surface area contributed by atoms with Gasteiger partial charge in [-0.1, -0.05) is 12.1 Å². The number of hydrogen-bond acceptors (Lipinski definition) is 3. The van der Waals surface area contributed by atoms with Gasteiger partial charge in [-0.15, -0.1) is 0 Å². The minimum atomic E-state index is -4.51. The molecule has 2 heterocycles. The van der Waals surface area contributed by atoms with E-state index in [9.17, 15) is 18.0 Å². The van der Waals surface area contributed by atoms with Crippen molar-refractivity contribution >= 4 is 5.91 Å². The standard InChI is InChI=1S/C17H21F3N2O2/c1-11(24-15-5-3-2-4-14(15)17(18,19)20)16(23)22-9-8-12-6-7-13(10-22)21-12/h2-5,11-13,21H,6-10H2,1H3. The van der Waals surface area contributed by atoms with Gasteiger partial charge in [0.25, 0.3) is 5.91 Å². The van der Waals surface area contributed by atoms with E-state index in [4.69, 9.17) is 4.74 Å². The molecule has 3 unspecified atom stereocenters. The third-order valence-corrected chi connectivity index (χ3v) is 4.68. The van der Waals surface area contributed by atoms with Gasteiger partial charge < -0.3 is 15.0 Å². The average molecular weight is 342 g/mol. The highest BCUT2D eigenvalue weighted by Gasteiger charge is 2.36. The van der Waals surface area contributed by atoms with Gasteiger partial charge in [0, 0.05) is 25.2 Å². The predicted octanol–water partition coefficient (Wildman–Crippen LogP) is 2.83. The van der Waals surface area contributed by atoms with Crippen molar-refractivity contribution < 1.29 is 22.7 Å². The van der Waals surface area contributed by atoms with Crippen molar-refractivity contribution in [3.05, 3.63) is 29.8 Å². The number of para-hydroxylation sites is 1. The number of ether oxygens (including phenoxy) is 1. The van der Waals surface area contributed by atoms with Crippen LogP contribution in [0.2, 0.25) is 0 Å². The van der Waals surface area contributed by atoms with Crippen LogP contribution in [-0.2, 0) is 11.0 Å². The zero-order valence-electron chi connectivity index (χ0n) is 13.5. The number of halogens is 3. The summed E-state index contributed by atoms with van der Waals surface area (Å²) < 4.78 is 44.5. The fourth-order valence-corrected chi connectivity index (χ4v) is 3.44. The molecule has 1 N–H and O–H groups in total. The van der Waals surface area contributed by atoms with Crippen molar-refractivity contribution in [3.63, 3.8) is 0 Å². The maximum atomic E-state index is 13.0. The summed E-state index contributed by atoms with van der Waals surface area (Å²) in [6.45, 7) is 2.71. The Morgan fingerprint density at radius 2 is 1.96 bits per heavy atom. The maximum Gasteiger partial charge on any atom is 0.419 e. The van der Waals surface area contributed by atoms with E-state index < -0.39 is 17.8 Å². The van der Waals surface area contributed by atoms with Gasteiger partial charge in [-0.05, 0) is 38.3 Å². The second-order valence-electron chi connectivity index (χ2n) is 6.46. The summed E-state index contributed by atoms with van der Waals surface area (Å²) in [5, 5.41) is 3.47. The van der Waals surface area contributed by atoms with Gasteiger partial charge in [0.05, 0.1) is 5.56 Å². The average Bonchev–Trinajstić information content (AvgIpc) is 2.85. The molecule has 2 aliphatic rings. The summed E-state index contributed by atoms with van der Waals surface area (Å²) in [5.74, 6) is -0.568. The number of carbonyl (C=O) groups is 1. The van der Waals surface area contributed by atoms with Crippen LogP contribution in [0.1, 0.15) is 31.7 Å². The Hall–Kier alpha value is -1.76. The number of rotatable bonds is 3. The molecule has 24 heavy (non-hydrogen) atoms. The zero-order chi connectivity index (χ0) is 17.3. The first-order chi connectivity index (χ1) is 11.3. The van der Waals surface area contributed by atoms with Crippen LogP contribution in [0.5, 0.6) is 5.75 Å². The Bertz CT molecular complexity index is 606. The first-order valence-corrected chi connectivity index (χ1v) is 8.22. The zero-order valence-corrected chi connectivity index (χ0v) is 13.5. The highest BCUT2D eigenvalue weighted by atomic mass is 19.4. The Morgan fingerprint density at radius 1 is 1.25 bits per heavy atom. The lowest BCUT2D eigenvalue weighted by molar-refractivity contribution is -0.143. The molecule has 3 atom stereocenters. The fraction of sp³-hybridized carbons (Fsp3) is 0.588. The number of fused-ring (bicyclic) bond motifs is 2. The van der Waals surface area contributed by atoms with Gasteiger partial charge in [0.1, 0.15) is 5.75 Å². The van der Waals surface area contributed by atoms with E-state index in [-0.39, 0.29) is 17.7 Å². The van der Waals surface area contributed by atoms with Crippen LogP contribution in [0.4, 0.5) is 13.2 Å². The molecule has 0 aromatic heterocycles. The van der Waals surface area contributed by atoms with Crippen LogP contribution in [0.25, 0.3) is 0 Å². The highest BCUT2D eigenvalue weighted by molar-refractivity contribution is 5.81. The van der Waals surface area contributed by atoms with Crippen LogP contribution in [-0.4, -0.2) is 42.1 Å². The SMILES string of the molecule is CC(Oc1ccccc1C(F)(F)F)C(=O)N1CCC2CCC(C1)N2. The quantitative estimate of drug-likeness (QED) is 0.918. The Morgan fingerprint density at radius 3 is 2.71 bits per heavy atom. The fourth-order valence-electron chi connectivity index (χ4n) is 3.44. The first-order valence-electron chi connectivity index (χ1n) is 8.22. The molecule has 132 valence electrons. The Balaban J connectivity index is 1.69. The Labute approximate surface area is 139 Å². The molecule has 2 aliphatic heterocycles. The molecule has 4 nitrogen and oxygen atoms in total. The molecule has 7 heteroatoms. The molecule has 1 aromatic rings. The van der Waals surface area contributed by atoms with Gasteiger partial charge in [-0.3, -0.25) is 4.79 Å². The van der Waals surface area contributed by atoms with Gasteiger partial charge in [0.2, 0.25) is 0 Å². The van der Waals surface area contributed by atoms with E-state index in [0.717, 1.165) is 25.3 Å². The number of benzene rings is 1. The molecule has 0 spiro atoms. The maximum absolute atomic E-state index is 13.0. The lowest BCUT2D eigenvalue weighted by Crippen LogP contribution is -2.45. The molecule has 2 bridgehead atoms. The highest BCUT2D eigenvalue weighted by Crippen LogP contribution is 2.36. The van der Waals surface area contributed by atoms with Crippen LogP contribution >= 0.6 is 0 Å². The van der Waals surface area contributed by atoms with Crippen molar-refractivity contribution in [1.29, 1.82) is 0 Å². The lowest BCUT2D eigenvalue weighted by atomic mass is 10.1. The third kappa shape index (κ3) is 3.66. The predicted molar refractivity (Wildman–Crippen MR) is 82.7 cm³/mol. The van der Waals surface area contributed by atoms with Crippen molar-refractivity contribution in [2.45, 2.75) is 50.6 Å². The number of hydrogen-bond donors (Lipinski definition) is 1. The van der Waals surface area contributed by atoms with E-state index in [1.807, 2.05) is 0 Å². The van der Waals surface area contributed by atoms with Crippen LogP contribution < -0.4 is 10.1 Å². The summed E-state index contributed by atoms with van der Waals surface area (Å²) in [7, 11) is 0. The molecule has 0 saturated carbocycles. The normalized spacial score (nSPS) is 25.2. The van der Waals surface area contributed by atoms with Gasteiger partial charge in [0.15, 0.2) is 6.10 Å². The molecule has 2 saturated heterocycles. The molecule has 2 fully saturated rings.